The molecule has 1 rings (SSSR count). The van der Waals surface area contributed by atoms with Crippen molar-refractivity contribution in [2.45, 2.75) is 32.5 Å². The normalized spacial score (nSPS) is 10.7. The Kier molecular flexibility index (Phi) is 19.4. The molecule has 1 aromatic heterocycles. The third-order valence-electron chi connectivity index (χ3n) is 1.79. The van der Waals surface area contributed by atoms with Crippen molar-refractivity contribution in [2.24, 2.45) is 0 Å². The quantitative estimate of drug-likeness (QED) is 0.269. The van der Waals surface area contributed by atoms with E-state index in [1.165, 1.54) is 6.20 Å². The van der Waals surface area contributed by atoms with Gasteiger partial charge in [-0.2, -0.15) is 0 Å². The maximum absolute atomic E-state index is 11.5. The second kappa shape index (κ2) is 15.5. The standard InChI is InChI=1S/C12H16BrNO4.CH2O3.2K/c1-12(2,3)18-11(16)9(15)7-17-8-4-5-10(13)14-6-8;2-1(3)4;;/h4-6,9,15H,7H2,1-3H3;(H2,2,3,4);;/q;;2*+1/p-2. The molecule has 0 fully saturated rings. The molecule has 1 heterocycles. The number of hydrogen-bond donors (Lipinski definition) is 1. The fourth-order valence-corrected chi connectivity index (χ4v) is 1.30. The van der Waals surface area contributed by atoms with Gasteiger partial charge in [0, 0.05) is 0 Å². The number of hydrogen-bond acceptors (Lipinski definition) is 8. The summed E-state index contributed by atoms with van der Waals surface area (Å²) in [4.78, 5) is 23.7. The Balaban J connectivity index is -0.000000661. The van der Waals surface area contributed by atoms with Gasteiger partial charge in [-0.3, -0.25) is 0 Å². The number of ether oxygens (including phenoxy) is 2. The van der Waals surface area contributed by atoms with Crippen LogP contribution in [-0.2, 0) is 9.53 Å². The van der Waals surface area contributed by atoms with Crippen LogP contribution in [0.25, 0.3) is 0 Å². The number of carboxylic acid groups (broad SMARTS) is 2. The van der Waals surface area contributed by atoms with E-state index in [4.69, 9.17) is 24.5 Å². The van der Waals surface area contributed by atoms with Crippen LogP contribution in [0.5, 0.6) is 5.75 Å². The predicted molar refractivity (Wildman–Crippen MR) is 74.7 cm³/mol. The van der Waals surface area contributed by atoms with Crippen LogP contribution in [0.4, 0.5) is 4.79 Å². The summed E-state index contributed by atoms with van der Waals surface area (Å²) < 4.78 is 10.9. The molecule has 0 aliphatic carbocycles. The van der Waals surface area contributed by atoms with Crippen LogP contribution in [0.15, 0.2) is 22.9 Å². The third-order valence-corrected chi connectivity index (χ3v) is 2.26. The molecule has 0 spiro atoms. The number of aliphatic hydroxyl groups is 1. The van der Waals surface area contributed by atoms with Crippen molar-refractivity contribution in [3.05, 3.63) is 22.9 Å². The van der Waals surface area contributed by atoms with E-state index < -0.39 is 23.8 Å². The van der Waals surface area contributed by atoms with Crippen LogP contribution in [0.1, 0.15) is 20.8 Å². The van der Waals surface area contributed by atoms with Gasteiger partial charge in [-0.15, -0.1) is 0 Å². The monoisotopic (exact) mass is 455 g/mol. The molecule has 0 aliphatic heterocycles. The molecule has 1 unspecified atom stereocenters. The minimum atomic E-state index is -2.33. The zero-order valence-electron chi connectivity index (χ0n) is 14.2. The summed E-state index contributed by atoms with van der Waals surface area (Å²) in [5, 5.41) is 26.2. The van der Waals surface area contributed by atoms with Crippen LogP contribution in [0.2, 0.25) is 0 Å². The number of pyridine rings is 1. The summed E-state index contributed by atoms with van der Waals surface area (Å²) in [7, 11) is 0. The van der Waals surface area contributed by atoms with Gasteiger partial charge in [0.1, 0.15) is 22.6 Å². The number of rotatable bonds is 4. The fraction of sp³-hybridized carbons (Fsp3) is 0.462. The van der Waals surface area contributed by atoms with E-state index in [0.717, 1.165) is 0 Å². The second-order valence-electron chi connectivity index (χ2n) is 4.93. The summed E-state index contributed by atoms with van der Waals surface area (Å²) in [5.74, 6) is -0.228. The van der Waals surface area contributed by atoms with Gasteiger partial charge >= 0.3 is 109 Å². The first-order valence-electron chi connectivity index (χ1n) is 6.04. The number of carbonyl (C=O) groups is 2. The summed E-state index contributed by atoms with van der Waals surface area (Å²) >= 11 is 3.19. The van der Waals surface area contributed by atoms with Crippen LogP contribution >= 0.6 is 15.9 Å². The molecule has 0 amide bonds. The van der Waals surface area contributed by atoms with Gasteiger partial charge in [-0.25, -0.2) is 9.78 Å². The Morgan fingerprint density at radius 1 is 1.29 bits per heavy atom. The van der Waals surface area contributed by atoms with Crippen LogP contribution in [0, 0.1) is 0 Å². The first-order chi connectivity index (χ1) is 10.0. The van der Waals surface area contributed by atoms with Gasteiger partial charge in [0.2, 0.25) is 0 Å². The van der Waals surface area contributed by atoms with Crippen molar-refractivity contribution in [1.29, 1.82) is 0 Å². The molecule has 0 aliphatic rings. The van der Waals surface area contributed by atoms with Gasteiger partial charge in [-0.05, 0) is 55.0 Å². The van der Waals surface area contributed by atoms with Crippen LogP contribution in [0.3, 0.4) is 0 Å². The summed E-state index contributed by atoms with van der Waals surface area (Å²) in [6.45, 7) is 5.03. The molecule has 124 valence electrons. The molecule has 1 atom stereocenters. The smallest absolute Gasteiger partial charge is 0.652 e. The number of nitrogens with zero attached hydrogens (tertiary/aromatic N) is 1. The molecule has 0 saturated heterocycles. The zero-order chi connectivity index (χ0) is 17.3. The Bertz CT molecular complexity index is 490. The number of esters is 1. The van der Waals surface area contributed by atoms with Crippen molar-refractivity contribution in [1.82, 2.24) is 4.98 Å². The molecular formula is C13H16BrK2NO7. The molecule has 0 saturated carbocycles. The summed E-state index contributed by atoms with van der Waals surface area (Å²) in [5.41, 5.74) is -0.628. The minimum Gasteiger partial charge on any atom is -0.652 e. The van der Waals surface area contributed by atoms with Gasteiger partial charge in [0.15, 0.2) is 6.10 Å². The Labute approximate surface area is 233 Å². The van der Waals surface area contributed by atoms with Crippen LogP contribution < -0.4 is 118 Å². The van der Waals surface area contributed by atoms with E-state index in [1.54, 1.807) is 32.9 Å². The van der Waals surface area contributed by atoms with Crippen LogP contribution in [-0.4, -0.2) is 40.5 Å². The Morgan fingerprint density at radius 2 is 1.79 bits per heavy atom. The molecular weight excluding hydrogens is 440 g/mol. The minimum absolute atomic E-state index is 0. The SMILES string of the molecule is CC(C)(C)OC(=O)C(O)COc1ccc(Br)nc1.O=C([O-])[O-].[K+].[K+]. The largest absolute Gasteiger partial charge is 1.00 e. The Morgan fingerprint density at radius 3 is 2.17 bits per heavy atom. The van der Waals surface area contributed by atoms with Gasteiger partial charge in [-0.1, -0.05) is 0 Å². The van der Waals surface area contributed by atoms with Crippen molar-refractivity contribution < 1.29 is 137 Å². The van der Waals surface area contributed by atoms with Crippen molar-refractivity contribution in [2.75, 3.05) is 6.61 Å². The number of aromatic nitrogens is 1. The molecule has 0 aromatic carbocycles. The fourth-order valence-electron chi connectivity index (χ4n) is 1.06. The molecule has 0 radical (unpaired) electrons. The van der Waals surface area contributed by atoms with Crippen molar-refractivity contribution >= 4 is 28.1 Å². The van der Waals surface area contributed by atoms with Gasteiger partial charge in [0.05, 0.1) is 6.20 Å². The predicted octanol–water partition coefficient (Wildman–Crippen LogP) is -6.51. The topological polar surface area (TPSA) is 132 Å². The van der Waals surface area contributed by atoms with E-state index in [1.807, 2.05) is 0 Å². The maximum atomic E-state index is 11.5. The van der Waals surface area contributed by atoms with E-state index in [2.05, 4.69) is 20.9 Å². The average molecular weight is 456 g/mol. The zero-order valence-corrected chi connectivity index (χ0v) is 22.1. The first-order valence-corrected chi connectivity index (χ1v) is 6.84. The second-order valence-corrected chi connectivity index (χ2v) is 5.74. The number of aliphatic hydroxyl groups excluding tert-OH is 1. The molecule has 1 aromatic rings. The van der Waals surface area contributed by atoms with Gasteiger partial charge in [0.25, 0.3) is 0 Å². The number of carbonyl (C=O) groups excluding carboxylic acids is 2. The van der Waals surface area contributed by atoms with Crippen molar-refractivity contribution in [3.63, 3.8) is 0 Å². The molecule has 0 bridgehead atoms. The maximum Gasteiger partial charge on any atom is 1.00 e. The summed E-state index contributed by atoms with van der Waals surface area (Å²) in [6.07, 6.45) is -2.15. The number of halogens is 1. The molecule has 8 nitrogen and oxygen atoms in total. The van der Waals surface area contributed by atoms with E-state index in [-0.39, 0.29) is 109 Å². The average Bonchev–Trinajstić information content (AvgIpc) is 2.35. The molecule has 24 heavy (non-hydrogen) atoms. The summed E-state index contributed by atoms with van der Waals surface area (Å²) in [6, 6.07) is 3.38. The Hall–Kier alpha value is 1.40. The molecule has 11 heteroatoms. The van der Waals surface area contributed by atoms with Gasteiger partial charge < -0.3 is 29.6 Å². The third kappa shape index (κ3) is 18.2. The molecule has 1 N–H and O–H groups in total. The van der Waals surface area contributed by atoms with E-state index in [0.29, 0.717) is 10.4 Å². The first kappa shape index (κ1) is 30.1. The van der Waals surface area contributed by atoms with E-state index in [9.17, 15) is 9.90 Å². The van der Waals surface area contributed by atoms with E-state index >= 15 is 0 Å². The van der Waals surface area contributed by atoms with Crippen molar-refractivity contribution in [3.8, 4) is 5.75 Å².